The van der Waals surface area contributed by atoms with Crippen LogP contribution in [0.5, 0.6) is 46.0 Å². The number of rotatable bonds is 6. The number of methoxy groups -OCH3 is 6. The van der Waals surface area contributed by atoms with Crippen molar-refractivity contribution < 1.29 is 37.9 Å². The summed E-state index contributed by atoms with van der Waals surface area (Å²) in [5, 5.41) is 3.37. The van der Waals surface area contributed by atoms with Gasteiger partial charge < -0.3 is 47.9 Å². The number of fused-ring (bicyclic) bond motifs is 10. The van der Waals surface area contributed by atoms with E-state index >= 15 is 0 Å². The first kappa shape index (κ1) is 21.2. The smallest absolute Gasteiger partial charge is 0.231 e. The molecule has 182 valence electrons. The van der Waals surface area contributed by atoms with Crippen molar-refractivity contribution in [2.45, 2.75) is 0 Å². The average molecular weight is 480 g/mol. The van der Waals surface area contributed by atoms with Gasteiger partial charge in [-0.05, 0) is 12.1 Å². The lowest BCUT2D eigenvalue weighted by molar-refractivity contribution is 0.176. The van der Waals surface area contributed by atoms with Crippen LogP contribution in [0.25, 0.3) is 43.6 Å². The number of aromatic nitrogens is 2. The maximum Gasteiger partial charge on any atom is 0.231 e. The van der Waals surface area contributed by atoms with Gasteiger partial charge in [-0.15, -0.1) is 0 Å². The number of hydrogen-bond donors (Lipinski definition) is 2. The maximum atomic E-state index is 6.01. The second-order valence-corrected chi connectivity index (χ2v) is 7.95. The summed E-state index contributed by atoms with van der Waals surface area (Å²) in [6.45, 7) is 0.0950. The van der Waals surface area contributed by atoms with Crippen molar-refractivity contribution in [3.63, 3.8) is 0 Å². The third-order valence-electron chi connectivity index (χ3n) is 6.52. The van der Waals surface area contributed by atoms with E-state index in [1.807, 2.05) is 12.1 Å². The zero-order chi connectivity index (χ0) is 24.4. The molecule has 0 bridgehead atoms. The molecule has 35 heavy (non-hydrogen) atoms. The van der Waals surface area contributed by atoms with Gasteiger partial charge in [0.1, 0.15) is 0 Å². The second kappa shape index (κ2) is 7.59. The van der Waals surface area contributed by atoms with E-state index in [1.54, 1.807) is 42.7 Å². The van der Waals surface area contributed by atoms with E-state index < -0.39 is 0 Å². The number of hydrogen-bond acceptors (Lipinski definition) is 8. The largest absolute Gasteiger partial charge is 0.493 e. The predicted molar refractivity (Wildman–Crippen MR) is 131 cm³/mol. The number of H-pyrrole nitrogens is 2. The molecule has 1 aliphatic rings. The molecule has 3 aromatic carbocycles. The van der Waals surface area contributed by atoms with Crippen LogP contribution in [0.2, 0.25) is 0 Å². The summed E-state index contributed by atoms with van der Waals surface area (Å²) >= 11 is 0. The molecule has 0 amide bonds. The van der Waals surface area contributed by atoms with Gasteiger partial charge in [0.25, 0.3) is 0 Å². The third kappa shape index (κ3) is 2.59. The van der Waals surface area contributed by atoms with E-state index in [0.29, 0.717) is 46.0 Å². The Morgan fingerprint density at radius 1 is 0.543 bits per heavy atom. The first-order valence-electron chi connectivity index (χ1n) is 10.8. The summed E-state index contributed by atoms with van der Waals surface area (Å²) in [4.78, 5) is 7.04. The molecule has 0 saturated heterocycles. The Balaban J connectivity index is 1.86. The van der Waals surface area contributed by atoms with E-state index in [4.69, 9.17) is 37.9 Å². The van der Waals surface area contributed by atoms with Gasteiger partial charge in [0.05, 0.1) is 75.5 Å². The Hall–Kier alpha value is -4.34. The lowest BCUT2D eigenvalue weighted by Gasteiger charge is -2.13. The van der Waals surface area contributed by atoms with Crippen LogP contribution in [-0.4, -0.2) is 59.4 Å². The molecule has 0 spiro atoms. The zero-order valence-electron chi connectivity index (χ0n) is 20.1. The fourth-order valence-corrected chi connectivity index (χ4v) is 5.10. The minimum absolute atomic E-state index is 0.0950. The Morgan fingerprint density at radius 3 is 1.29 bits per heavy atom. The van der Waals surface area contributed by atoms with Crippen LogP contribution < -0.4 is 37.9 Å². The van der Waals surface area contributed by atoms with E-state index in [0.717, 1.165) is 43.6 Å². The highest BCUT2D eigenvalue weighted by Gasteiger charge is 2.31. The first-order chi connectivity index (χ1) is 17.1. The van der Waals surface area contributed by atoms with Crippen molar-refractivity contribution in [3.05, 3.63) is 12.1 Å². The molecule has 5 aromatic rings. The van der Waals surface area contributed by atoms with Gasteiger partial charge >= 0.3 is 0 Å². The molecular weight excluding hydrogens is 456 g/mol. The summed E-state index contributed by atoms with van der Waals surface area (Å²) in [6, 6.07) is 3.80. The molecule has 0 unspecified atom stereocenters. The average Bonchev–Trinajstić information content (AvgIpc) is 3.60. The van der Waals surface area contributed by atoms with Gasteiger partial charge in [-0.25, -0.2) is 0 Å². The number of ether oxygens (including phenoxy) is 8. The Morgan fingerprint density at radius 2 is 0.943 bits per heavy atom. The second-order valence-electron chi connectivity index (χ2n) is 7.95. The Labute approximate surface area is 199 Å². The normalized spacial score (nSPS) is 12.6. The van der Waals surface area contributed by atoms with E-state index in [2.05, 4.69) is 9.97 Å². The SMILES string of the molecule is COc1cc2c([nH]c3c4[nH]c5c(OC)c(OC)c(OC)cc5c4c4c(c23)OCO4)c(OC)c1OC. The van der Waals surface area contributed by atoms with Gasteiger partial charge in [-0.1, -0.05) is 0 Å². The van der Waals surface area contributed by atoms with Crippen molar-refractivity contribution in [1.82, 2.24) is 9.97 Å². The van der Waals surface area contributed by atoms with Gasteiger partial charge in [0, 0.05) is 10.8 Å². The molecule has 2 aromatic heterocycles. The van der Waals surface area contributed by atoms with Crippen molar-refractivity contribution in [2.24, 2.45) is 0 Å². The molecule has 3 heterocycles. The van der Waals surface area contributed by atoms with Crippen LogP contribution in [0.4, 0.5) is 0 Å². The van der Waals surface area contributed by atoms with Gasteiger partial charge in [-0.2, -0.15) is 0 Å². The van der Waals surface area contributed by atoms with Crippen LogP contribution >= 0.6 is 0 Å². The molecule has 0 aliphatic carbocycles. The standard InChI is InChI=1S/C25H24N2O8/c1-28-12-7-10-14-18(26-16(10)24(32-5)20(12)30-3)19-15(23-22(14)34-9-35-23)11-8-13(29-2)21(31-4)25(33-6)17(11)27-19/h7-8,26-27H,9H2,1-6H3. The van der Waals surface area contributed by atoms with E-state index in [1.165, 1.54) is 0 Å². The molecule has 0 atom stereocenters. The highest BCUT2D eigenvalue weighted by atomic mass is 16.7. The van der Waals surface area contributed by atoms with Crippen molar-refractivity contribution in [3.8, 4) is 46.0 Å². The van der Waals surface area contributed by atoms with Crippen LogP contribution in [0, 0.1) is 0 Å². The molecule has 1 aliphatic heterocycles. The van der Waals surface area contributed by atoms with Gasteiger partial charge in [-0.3, -0.25) is 0 Å². The summed E-state index contributed by atoms with van der Waals surface area (Å²) in [6.07, 6.45) is 0. The molecule has 0 fully saturated rings. The van der Waals surface area contributed by atoms with Crippen molar-refractivity contribution in [1.29, 1.82) is 0 Å². The van der Waals surface area contributed by atoms with Crippen molar-refractivity contribution in [2.75, 3.05) is 49.5 Å². The number of benzene rings is 3. The maximum absolute atomic E-state index is 6.01. The molecule has 6 rings (SSSR count). The lowest BCUT2D eigenvalue weighted by atomic mass is 10.0. The molecule has 10 nitrogen and oxygen atoms in total. The van der Waals surface area contributed by atoms with Crippen LogP contribution in [0.3, 0.4) is 0 Å². The summed E-state index contributed by atoms with van der Waals surface area (Å²) < 4.78 is 45.9. The highest BCUT2D eigenvalue weighted by molar-refractivity contribution is 6.28. The molecular formula is C25H24N2O8. The topological polar surface area (TPSA) is 105 Å². The first-order valence-corrected chi connectivity index (χ1v) is 10.8. The molecule has 0 saturated carbocycles. The van der Waals surface area contributed by atoms with Crippen molar-refractivity contribution >= 4 is 43.6 Å². The zero-order valence-corrected chi connectivity index (χ0v) is 20.1. The van der Waals surface area contributed by atoms with Crippen LogP contribution in [0.1, 0.15) is 0 Å². The molecule has 0 radical (unpaired) electrons. The minimum atomic E-state index is 0.0950. The van der Waals surface area contributed by atoms with Crippen LogP contribution in [0.15, 0.2) is 12.1 Å². The quantitative estimate of drug-likeness (QED) is 0.359. The minimum Gasteiger partial charge on any atom is -0.493 e. The van der Waals surface area contributed by atoms with E-state index in [9.17, 15) is 0 Å². The predicted octanol–water partition coefficient (Wildman–Crippen LogP) is 4.74. The number of aromatic amines is 2. The molecule has 2 N–H and O–H groups in total. The fraction of sp³-hybridized carbons (Fsp3) is 0.280. The molecule has 10 heteroatoms. The summed E-state index contributed by atoms with van der Waals surface area (Å²) in [5.41, 5.74) is 3.10. The Bertz CT molecular complexity index is 1530. The highest BCUT2D eigenvalue weighted by Crippen LogP contribution is 2.55. The summed E-state index contributed by atoms with van der Waals surface area (Å²) in [7, 11) is 9.51. The fourth-order valence-electron chi connectivity index (χ4n) is 5.10. The third-order valence-corrected chi connectivity index (χ3v) is 6.52. The monoisotopic (exact) mass is 480 g/mol. The summed E-state index contributed by atoms with van der Waals surface area (Å²) in [5.74, 6) is 4.37. The van der Waals surface area contributed by atoms with E-state index in [-0.39, 0.29) is 6.79 Å². The van der Waals surface area contributed by atoms with Gasteiger partial charge in [0.15, 0.2) is 34.5 Å². The van der Waals surface area contributed by atoms with Crippen LogP contribution in [-0.2, 0) is 0 Å². The Kier molecular flexibility index (Phi) is 4.60. The number of nitrogens with one attached hydrogen (secondary N) is 2. The lowest BCUT2D eigenvalue weighted by Crippen LogP contribution is -1.95. The van der Waals surface area contributed by atoms with Gasteiger partial charge in [0.2, 0.25) is 18.3 Å².